The van der Waals surface area contributed by atoms with E-state index in [1.807, 2.05) is 30.3 Å². The van der Waals surface area contributed by atoms with Gasteiger partial charge in [0, 0.05) is 5.56 Å². The van der Waals surface area contributed by atoms with Crippen LogP contribution in [0, 0.1) is 0 Å². The van der Waals surface area contributed by atoms with Crippen LogP contribution >= 0.6 is 0 Å². The summed E-state index contributed by atoms with van der Waals surface area (Å²) in [5, 5.41) is 0. The van der Waals surface area contributed by atoms with Crippen molar-refractivity contribution in [2.24, 2.45) is 0 Å². The second kappa shape index (κ2) is 9.67. The number of Topliss-reactive ketones (excluding diaryl/α,β-unsaturated/α-hetero) is 1. The highest BCUT2D eigenvalue weighted by Crippen LogP contribution is 2.32. The van der Waals surface area contributed by atoms with Crippen molar-refractivity contribution in [2.75, 3.05) is 26.6 Å². The second-order valence-corrected chi connectivity index (χ2v) is 6.57. The number of rotatable bonds is 9. The quantitative estimate of drug-likeness (QED) is 0.295. The molecule has 31 heavy (non-hydrogen) atoms. The molecule has 0 N–H and O–H groups in total. The maximum atomic E-state index is 12.5. The molecule has 0 aliphatic carbocycles. The van der Waals surface area contributed by atoms with E-state index in [2.05, 4.69) is 0 Å². The van der Waals surface area contributed by atoms with Gasteiger partial charge in [0.2, 0.25) is 6.79 Å². The number of carbonyl (C=O) groups is 2. The summed E-state index contributed by atoms with van der Waals surface area (Å²) in [5.41, 5.74) is 0.611. The lowest BCUT2D eigenvalue weighted by atomic mass is 10.1. The van der Waals surface area contributed by atoms with E-state index in [0.717, 1.165) is 5.75 Å². The van der Waals surface area contributed by atoms with Crippen LogP contribution in [0.15, 0.2) is 72.8 Å². The second-order valence-electron chi connectivity index (χ2n) is 6.57. The Labute approximate surface area is 179 Å². The Bertz CT molecular complexity index is 1060. The maximum Gasteiger partial charge on any atom is 0.342 e. The molecule has 1 heterocycles. The number of fused-ring (bicyclic) bond motifs is 1. The number of carbonyl (C=O) groups excluding carboxylic acids is 2. The average molecular weight is 420 g/mol. The SMILES string of the molecule is O=C(COC(=O)c1ccccc1OCCOc1ccccc1)c1ccc2c(c1)OCO2. The molecule has 1 aliphatic heterocycles. The standard InChI is InChI=1S/C24H20O7/c25-20(17-10-11-22-23(14-17)31-16-30-22)15-29-24(26)19-8-4-5-9-21(19)28-13-12-27-18-6-2-1-3-7-18/h1-11,14H,12-13,15-16H2. The lowest BCUT2D eigenvalue weighted by Crippen LogP contribution is -2.16. The smallest absolute Gasteiger partial charge is 0.342 e. The lowest BCUT2D eigenvalue weighted by molar-refractivity contribution is 0.0470. The molecule has 3 aromatic carbocycles. The fraction of sp³-hybridized carbons (Fsp3) is 0.167. The zero-order valence-corrected chi connectivity index (χ0v) is 16.6. The minimum Gasteiger partial charge on any atom is -0.490 e. The molecule has 0 aromatic heterocycles. The molecule has 158 valence electrons. The Morgan fingerprint density at radius 3 is 2.42 bits per heavy atom. The summed E-state index contributed by atoms with van der Waals surface area (Å²) in [6.45, 7) is 0.282. The fourth-order valence-electron chi connectivity index (χ4n) is 2.95. The van der Waals surface area contributed by atoms with Crippen molar-refractivity contribution in [1.29, 1.82) is 0 Å². The molecule has 4 rings (SSSR count). The third-order valence-corrected chi connectivity index (χ3v) is 4.49. The highest BCUT2D eigenvalue weighted by atomic mass is 16.7. The zero-order valence-electron chi connectivity index (χ0n) is 16.6. The van der Waals surface area contributed by atoms with Gasteiger partial charge >= 0.3 is 5.97 Å². The van der Waals surface area contributed by atoms with E-state index in [1.54, 1.807) is 42.5 Å². The average Bonchev–Trinajstić information content (AvgIpc) is 3.29. The first kappa shape index (κ1) is 20.3. The molecule has 0 saturated heterocycles. The zero-order chi connectivity index (χ0) is 21.5. The molecule has 0 spiro atoms. The van der Waals surface area contributed by atoms with Crippen LogP contribution in [0.2, 0.25) is 0 Å². The first-order valence-corrected chi connectivity index (χ1v) is 9.70. The Morgan fingerprint density at radius 2 is 1.55 bits per heavy atom. The van der Waals surface area contributed by atoms with Gasteiger partial charge < -0.3 is 23.7 Å². The molecule has 0 radical (unpaired) electrons. The van der Waals surface area contributed by atoms with Crippen LogP contribution in [0.25, 0.3) is 0 Å². The van der Waals surface area contributed by atoms with E-state index in [-0.39, 0.29) is 24.7 Å². The molecule has 7 heteroatoms. The van der Waals surface area contributed by atoms with Gasteiger partial charge in [0.25, 0.3) is 0 Å². The molecule has 0 atom stereocenters. The maximum absolute atomic E-state index is 12.5. The lowest BCUT2D eigenvalue weighted by Gasteiger charge is -2.12. The van der Waals surface area contributed by atoms with Crippen LogP contribution < -0.4 is 18.9 Å². The molecule has 7 nitrogen and oxygen atoms in total. The molecule has 3 aromatic rings. The molecule has 0 unspecified atom stereocenters. The highest BCUT2D eigenvalue weighted by Gasteiger charge is 2.19. The first-order chi connectivity index (χ1) is 15.2. The Hall–Kier alpha value is -4.00. The summed E-state index contributed by atoms with van der Waals surface area (Å²) in [7, 11) is 0. The molecule has 1 aliphatic rings. The van der Waals surface area contributed by atoms with Crippen molar-refractivity contribution < 1.29 is 33.3 Å². The predicted molar refractivity (Wildman–Crippen MR) is 111 cm³/mol. The van der Waals surface area contributed by atoms with Crippen molar-refractivity contribution in [2.45, 2.75) is 0 Å². The van der Waals surface area contributed by atoms with Crippen LogP contribution in [-0.2, 0) is 4.74 Å². The van der Waals surface area contributed by atoms with E-state index in [0.29, 0.717) is 29.4 Å². The first-order valence-electron chi connectivity index (χ1n) is 9.70. The summed E-state index contributed by atoms with van der Waals surface area (Å²) in [6, 6.07) is 20.9. The number of benzene rings is 3. The third kappa shape index (κ3) is 5.14. The van der Waals surface area contributed by atoms with Crippen LogP contribution in [0.1, 0.15) is 20.7 Å². The van der Waals surface area contributed by atoms with Crippen molar-refractivity contribution >= 4 is 11.8 Å². The summed E-state index contributed by atoms with van der Waals surface area (Å²) in [6.07, 6.45) is 0. The van der Waals surface area contributed by atoms with Gasteiger partial charge in [-0.25, -0.2) is 4.79 Å². The van der Waals surface area contributed by atoms with Gasteiger partial charge in [0.15, 0.2) is 23.9 Å². The van der Waals surface area contributed by atoms with Crippen molar-refractivity contribution in [1.82, 2.24) is 0 Å². The van der Waals surface area contributed by atoms with Gasteiger partial charge in [-0.3, -0.25) is 4.79 Å². The van der Waals surface area contributed by atoms with Crippen LogP contribution in [0.4, 0.5) is 0 Å². The highest BCUT2D eigenvalue weighted by molar-refractivity contribution is 6.00. The molecule has 0 bridgehead atoms. The Balaban J connectivity index is 1.30. The molecule has 0 saturated carbocycles. The number of hydrogen-bond acceptors (Lipinski definition) is 7. The van der Waals surface area contributed by atoms with E-state index >= 15 is 0 Å². The van der Waals surface area contributed by atoms with Gasteiger partial charge in [-0.1, -0.05) is 30.3 Å². The monoisotopic (exact) mass is 420 g/mol. The minimum atomic E-state index is -0.645. The van der Waals surface area contributed by atoms with E-state index in [4.69, 9.17) is 23.7 Å². The summed E-state index contributed by atoms with van der Waals surface area (Å²) < 4.78 is 27.0. The summed E-state index contributed by atoms with van der Waals surface area (Å²) >= 11 is 0. The topological polar surface area (TPSA) is 80.3 Å². The molecular weight excluding hydrogens is 400 g/mol. The van der Waals surface area contributed by atoms with Crippen LogP contribution in [0.3, 0.4) is 0 Å². The molecule has 0 fully saturated rings. The van der Waals surface area contributed by atoms with Gasteiger partial charge in [-0.2, -0.15) is 0 Å². The van der Waals surface area contributed by atoms with Crippen LogP contribution in [0.5, 0.6) is 23.0 Å². The van der Waals surface area contributed by atoms with Crippen molar-refractivity contribution in [3.63, 3.8) is 0 Å². The number of esters is 1. The third-order valence-electron chi connectivity index (χ3n) is 4.49. The normalized spacial score (nSPS) is 11.6. The van der Waals surface area contributed by atoms with E-state index in [9.17, 15) is 9.59 Å². The number of ether oxygens (including phenoxy) is 5. The van der Waals surface area contributed by atoms with Gasteiger partial charge in [-0.05, 0) is 42.5 Å². The largest absolute Gasteiger partial charge is 0.490 e. The number of hydrogen-bond donors (Lipinski definition) is 0. The van der Waals surface area contributed by atoms with Gasteiger partial charge in [0.1, 0.15) is 30.3 Å². The van der Waals surface area contributed by atoms with E-state index < -0.39 is 12.6 Å². The Morgan fingerprint density at radius 1 is 0.806 bits per heavy atom. The predicted octanol–water partition coefficient (Wildman–Crippen LogP) is 3.91. The summed E-state index contributed by atoms with van der Waals surface area (Å²) in [4.78, 5) is 24.9. The number of para-hydroxylation sites is 2. The van der Waals surface area contributed by atoms with Crippen molar-refractivity contribution in [3.8, 4) is 23.0 Å². The fourth-order valence-corrected chi connectivity index (χ4v) is 2.95. The van der Waals surface area contributed by atoms with Crippen molar-refractivity contribution in [3.05, 3.63) is 83.9 Å². The molecular formula is C24H20O7. The molecule has 0 amide bonds. The minimum absolute atomic E-state index is 0.120. The van der Waals surface area contributed by atoms with Gasteiger partial charge in [-0.15, -0.1) is 0 Å². The van der Waals surface area contributed by atoms with E-state index in [1.165, 1.54) is 0 Å². The summed E-state index contributed by atoms with van der Waals surface area (Å²) in [5.74, 6) is 1.18. The van der Waals surface area contributed by atoms with Gasteiger partial charge in [0.05, 0.1) is 0 Å². The van der Waals surface area contributed by atoms with Crippen LogP contribution in [-0.4, -0.2) is 38.4 Å². The number of ketones is 1. The Kier molecular flexibility index (Phi) is 6.32.